The lowest BCUT2D eigenvalue weighted by Gasteiger charge is -2.33. The van der Waals surface area contributed by atoms with Crippen molar-refractivity contribution in [1.29, 1.82) is 0 Å². The zero-order valence-electron chi connectivity index (χ0n) is 18.8. The minimum absolute atomic E-state index is 0.0563. The van der Waals surface area contributed by atoms with Crippen LogP contribution in [0.4, 0.5) is 0 Å². The summed E-state index contributed by atoms with van der Waals surface area (Å²) in [6.45, 7) is 6.20. The van der Waals surface area contributed by atoms with Gasteiger partial charge in [-0.25, -0.2) is 0 Å². The van der Waals surface area contributed by atoms with E-state index in [-0.39, 0.29) is 55.6 Å². The number of carbonyl (C=O) groups is 4. The van der Waals surface area contributed by atoms with Gasteiger partial charge in [0.15, 0.2) is 0 Å². The van der Waals surface area contributed by atoms with Crippen molar-refractivity contribution in [2.24, 2.45) is 0 Å². The van der Waals surface area contributed by atoms with Crippen LogP contribution in [0.15, 0.2) is 0 Å². The number of hydrogen-bond acceptors (Lipinski definition) is 10. The molecule has 0 fully saturated rings. The third-order valence-corrected chi connectivity index (χ3v) is 4.60. The predicted molar refractivity (Wildman–Crippen MR) is 109 cm³/mol. The Kier molecular flexibility index (Phi) is 15.4. The van der Waals surface area contributed by atoms with Crippen LogP contribution >= 0.6 is 0 Å². The maximum atomic E-state index is 11.7. The van der Waals surface area contributed by atoms with Crippen LogP contribution in [0.2, 0.25) is 0 Å². The Morgan fingerprint density at radius 3 is 1.50 bits per heavy atom. The van der Waals surface area contributed by atoms with E-state index in [2.05, 4.69) is 0 Å². The zero-order valence-corrected chi connectivity index (χ0v) is 18.8. The first-order valence-corrected chi connectivity index (χ1v) is 10.1. The van der Waals surface area contributed by atoms with E-state index in [0.717, 1.165) is 0 Å². The highest BCUT2D eigenvalue weighted by Crippen LogP contribution is 2.08. The molecular weight excluding hydrogens is 396 g/mol. The quantitative estimate of drug-likeness (QED) is 0.254. The van der Waals surface area contributed by atoms with E-state index in [0.29, 0.717) is 39.3 Å². The van der Waals surface area contributed by atoms with E-state index in [1.54, 1.807) is 6.92 Å². The molecule has 10 nitrogen and oxygen atoms in total. The van der Waals surface area contributed by atoms with E-state index >= 15 is 0 Å². The summed E-state index contributed by atoms with van der Waals surface area (Å²) in [6, 6.07) is -0.0563. The third-order valence-electron chi connectivity index (χ3n) is 4.60. The average molecular weight is 433 g/mol. The second-order valence-corrected chi connectivity index (χ2v) is 6.72. The lowest BCUT2D eigenvalue weighted by molar-refractivity contribution is -0.144. The fourth-order valence-electron chi connectivity index (χ4n) is 2.84. The highest BCUT2D eigenvalue weighted by molar-refractivity contribution is 5.70. The van der Waals surface area contributed by atoms with Gasteiger partial charge >= 0.3 is 23.9 Å². The van der Waals surface area contributed by atoms with Crippen LogP contribution in [0.25, 0.3) is 0 Å². The first kappa shape index (κ1) is 27.8. The van der Waals surface area contributed by atoms with E-state index in [4.69, 9.17) is 18.9 Å². The van der Waals surface area contributed by atoms with Gasteiger partial charge in [-0.2, -0.15) is 0 Å². The first-order valence-electron chi connectivity index (χ1n) is 10.1. The Hall–Kier alpha value is -2.20. The molecule has 0 aliphatic heterocycles. The maximum absolute atomic E-state index is 11.7. The summed E-state index contributed by atoms with van der Waals surface area (Å²) in [7, 11) is 3.98. The molecule has 0 aromatic heterocycles. The fraction of sp³-hybridized carbons (Fsp3) is 0.800. The van der Waals surface area contributed by atoms with E-state index < -0.39 is 0 Å². The minimum Gasteiger partial charge on any atom is -0.469 e. The van der Waals surface area contributed by atoms with Crippen molar-refractivity contribution < 1.29 is 38.1 Å². The van der Waals surface area contributed by atoms with Gasteiger partial charge < -0.3 is 23.8 Å². The van der Waals surface area contributed by atoms with Gasteiger partial charge in [0.1, 0.15) is 0 Å². The Morgan fingerprint density at radius 2 is 1.10 bits per heavy atom. The molecule has 174 valence electrons. The molecule has 0 saturated carbocycles. The second kappa shape index (κ2) is 16.6. The molecule has 0 aliphatic rings. The lowest BCUT2D eigenvalue weighted by atomic mass is 10.2. The highest BCUT2D eigenvalue weighted by atomic mass is 16.5. The van der Waals surface area contributed by atoms with Crippen molar-refractivity contribution in [3.63, 3.8) is 0 Å². The van der Waals surface area contributed by atoms with Crippen LogP contribution in [0, 0.1) is 0 Å². The maximum Gasteiger partial charge on any atom is 0.307 e. The van der Waals surface area contributed by atoms with Gasteiger partial charge in [-0.15, -0.1) is 0 Å². The molecule has 0 amide bonds. The SMILES string of the molecule is CCOC(=O)CCN(CCC(=O)OC)CC(C)N(CCC(=O)OC)CCC(=O)OC. The van der Waals surface area contributed by atoms with Crippen LogP contribution < -0.4 is 0 Å². The van der Waals surface area contributed by atoms with Crippen molar-refractivity contribution in [2.75, 3.05) is 60.7 Å². The van der Waals surface area contributed by atoms with Crippen LogP contribution in [-0.4, -0.2) is 100 Å². The summed E-state index contributed by atoms with van der Waals surface area (Å²) in [5, 5.41) is 0. The van der Waals surface area contributed by atoms with Crippen LogP contribution in [-0.2, 0) is 38.1 Å². The first-order chi connectivity index (χ1) is 14.3. The Balaban J connectivity index is 5.04. The van der Waals surface area contributed by atoms with E-state index in [1.165, 1.54) is 21.3 Å². The summed E-state index contributed by atoms with van der Waals surface area (Å²) in [5.74, 6) is -1.32. The fourth-order valence-corrected chi connectivity index (χ4v) is 2.84. The van der Waals surface area contributed by atoms with Gasteiger partial charge in [-0.05, 0) is 13.8 Å². The molecule has 0 bridgehead atoms. The van der Waals surface area contributed by atoms with Gasteiger partial charge in [0.25, 0.3) is 0 Å². The number of rotatable bonds is 16. The normalized spacial score (nSPS) is 11.8. The number of ether oxygens (including phenoxy) is 4. The van der Waals surface area contributed by atoms with Crippen molar-refractivity contribution in [1.82, 2.24) is 9.80 Å². The van der Waals surface area contributed by atoms with E-state index in [9.17, 15) is 19.2 Å². The topological polar surface area (TPSA) is 112 Å². The molecule has 0 radical (unpaired) electrons. The number of esters is 4. The second-order valence-electron chi connectivity index (χ2n) is 6.72. The van der Waals surface area contributed by atoms with Crippen molar-refractivity contribution in [3.8, 4) is 0 Å². The highest BCUT2D eigenvalue weighted by Gasteiger charge is 2.21. The molecule has 0 aromatic rings. The van der Waals surface area contributed by atoms with Gasteiger partial charge in [0.2, 0.25) is 0 Å². The summed E-state index contributed by atoms with van der Waals surface area (Å²) in [6.07, 6.45) is 0.766. The monoisotopic (exact) mass is 432 g/mol. The molecule has 0 aliphatic carbocycles. The van der Waals surface area contributed by atoms with Gasteiger partial charge in [0.05, 0.1) is 53.6 Å². The standard InChI is InChI=1S/C20H36N2O8/c1-6-30-20(26)8-12-21(11-7-17(23)27-3)15-16(2)22(13-9-18(24)28-4)14-10-19(25)29-5/h16H,6-15H2,1-5H3. The van der Waals surface area contributed by atoms with Crippen LogP contribution in [0.3, 0.4) is 0 Å². The molecule has 0 heterocycles. The summed E-state index contributed by atoms with van der Waals surface area (Å²) >= 11 is 0. The number of methoxy groups -OCH3 is 3. The molecule has 0 spiro atoms. The molecule has 0 aromatic carbocycles. The average Bonchev–Trinajstić information content (AvgIpc) is 2.74. The summed E-state index contributed by atoms with van der Waals surface area (Å²) < 4.78 is 19.1. The minimum atomic E-state index is -0.338. The molecule has 1 atom stereocenters. The third kappa shape index (κ3) is 13.1. The van der Waals surface area contributed by atoms with Crippen LogP contribution in [0.5, 0.6) is 0 Å². The smallest absolute Gasteiger partial charge is 0.307 e. The molecule has 10 heteroatoms. The summed E-state index contributed by atoms with van der Waals surface area (Å²) in [4.78, 5) is 50.3. The molecule has 0 saturated heterocycles. The Bertz CT molecular complexity index is 521. The Morgan fingerprint density at radius 1 is 0.700 bits per heavy atom. The Labute approximate surface area is 178 Å². The molecule has 0 N–H and O–H groups in total. The van der Waals surface area contributed by atoms with E-state index in [1.807, 2.05) is 16.7 Å². The molecular formula is C20H36N2O8. The lowest BCUT2D eigenvalue weighted by Crippen LogP contribution is -2.45. The van der Waals surface area contributed by atoms with Crippen LogP contribution in [0.1, 0.15) is 39.5 Å². The summed E-state index contributed by atoms with van der Waals surface area (Å²) in [5.41, 5.74) is 0. The van der Waals surface area contributed by atoms with Crippen molar-refractivity contribution >= 4 is 23.9 Å². The number of hydrogen-bond donors (Lipinski definition) is 0. The molecule has 0 rings (SSSR count). The zero-order chi connectivity index (χ0) is 22.9. The molecule has 30 heavy (non-hydrogen) atoms. The number of nitrogens with zero attached hydrogens (tertiary/aromatic N) is 2. The molecule has 1 unspecified atom stereocenters. The van der Waals surface area contributed by atoms with Crippen molar-refractivity contribution in [3.05, 3.63) is 0 Å². The number of carbonyl (C=O) groups excluding carboxylic acids is 4. The van der Waals surface area contributed by atoms with Gasteiger partial charge in [0, 0.05) is 38.8 Å². The van der Waals surface area contributed by atoms with Gasteiger partial charge in [-0.3, -0.25) is 24.1 Å². The largest absolute Gasteiger partial charge is 0.469 e. The predicted octanol–water partition coefficient (Wildman–Crippen LogP) is 0.621. The van der Waals surface area contributed by atoms with Gasteiger partial charge in [-0.1, -0.05) is 0 Å². The van der Waals surface area contributed by atoms with Crippen molar-refractivity contribution in [2.45, 2.75) is 45.6 Å².